The van der Waals surface area contributed by atoms with E-state index in [4.69, 9.17) is 9.47 Å². The highest BCUT2D eigenvalue weighted by Crippen LogP contribution is 2.35. The molecule has 0 fully saturated rings. The highest BCUT2D eigenvalue weighted by Gasteiger charge is 2.36. The first kappa shape index (κ1) is 13.6. The van der Waals surface area contributed by atoms with Gasteiger partial charge in [0.1, 0.15) is 0 Å². The lowest BCUT2D eigenvalue weighted by atomic mass is 9.99. The Morgan fingerprint density at radius 3 is 2.63 bits per heavy atom. The summed E-state index contributed by atoms with van der Waals surface area (Å²) in [6, 6.07) is 0. The van der Waals surface area contributed by atoms with Gasteiger partial charge in [0.25, 0.3) is 0 Å². The van der Waals surface area contributed by atoms with Crippen LogP contribution in [0.15, 0.2) is 6.20 Å². The van der Waals surface area contributed by atoms with Gasteiger partial charge in [-0.15, -0.1) is 0 Å². The zero-order valence-electron chi connectivity index (χ0n) is 11.6. The van der Waals surface area contributed by atoms with Crippen LogP contribution in [0.25, 0.3) is 0 Å². The van der Waals surface area contributed by atoms with Gasteiger partial charge in [0, 0.05) is 18.4 Å². The molecule has 1 aliphatic rings. The zero-order valence-corrected chi connectivity index (χ0v) is 11.6. The molecule has 104 valence electrons. The third-order valence-corrected chi connectivity index (χ3v) is 3.35. The van der Waals surface area contributed by atoms with Crippen molar-refractivity contribution in [1.29, 1.82) is 0 Å². The predicted octanol–water partition coefficient (Wildman–Crippen LogP) is 2.02. The number of ether oxygens (including phenoxy) is 2. The van der Waals surface area contributed by atoms with Gasteiger partial charge in [-0.1, -0.05) is 0 Å². The van der Waals surface area contributed by atoms with Crippen molar-refractivity contribution in [2.24, 2.45) is 0 Å². The quantitative estimate of drug-likeness (QED) is 0.781. The van der Waals surface area contributed by atoms with Crippen molar-refractivity contribution in [3.05, 3.63) is 23.0 Å². The number of carbonyl (C=O) groups excluding carboxylic acids is 2. The van der Waals surface area contributed by atoms with Crippen LogP contribution in [0, 0.1) is 6.92 Å². The summed E-state index contributed by atoms with van der Waals surface area (Å²) in [6.45, 7) is 6.82. The first-order valence-electron chi connectivity index (χ1n) is 6.63. The third-order valence-electron chi connectivity index (χ3n) is 3.35. The zero-order chi connectivity index (χ0) is 14.0. The minimum atomic E-state index is -0.357. The molecule has 2 heterocycles. The van der Waals surface area contributed by atoms with Crippen molar-refractivity contribution < 1.29 is 19.1 Å². The first-order chi connectivity index (χ1) is 9.10. The molecule has 1 atom stereocenters. The molecule has 5 heteroatoms. The highest BCUT2D eigenvalue weighted by atomic mass is 16.5. The molecule has 0 saturated carbocycles. The first-order valence-corrected chi connectivity index (χ1v) is 6.63. The summed E-state index contributed by atoms with van der Waals surface area (Å²) in [5.41, 5.74) is 2.12. The normalized spacial score (nSPS) is 17.1. The number of hydrogen-bond donors (Lipinski definition) is 0. The van der Waals surface area contributed by atoms with E-state index in [1.54, 1.807) is 13.8 Å². The summed E-state index contributed by atoms with van der Waals surface area (Å²) in [5, 5.41) is 0. The maximum Gasteiger partial charge on any atom is 0.340 e. The molecule has 0 radical (unpaired) electrons. The molecule has 1 unspecified atom stereocenters. The number of nitrogens with zero attached hydrogens (tertiary/aromatic N) is 1. The average molecular weight is 265 g/mol. The monoisotopic (exact) mass is 265 g/mol. The Morgan fingerprint density at radius 1 is 1.32 bits per heavy atom. The second-order valence-electron chi connectivity index (χ2n) is 4.58. The summed E-state index contributed by atoms with van der Waals surface area (Å²) in [6.07, 6.45) is 2.58. The molecule has 0 bridgehead atoms. The topological polar surface area (TPSA) is 57.5 Å². The van der Waals surface area contributed by atoms with Gasteiger partial charge < -0.3 is 14.0 Å². The van der Waals surface area contributed by atoms with Crippen molar-refractivity contribution in [2.75, 3.05) is 13.2 Å². The number of rotatable bonds is 4. The molecular weight excluding hydrogens is 246 g/mol. The fraction of sp³-hybridized carbons (Fsp3) is 0.571. The second-order valence-corrected chi connectivity index (χ2v) is 4.58. The van der Waals surface area contributed by atoms with E-state index in [-0.39, 0.29) is 17.9 Å². The molecule has 0 spiro atoms. The van der Waals surface area contributed by atoms with E-state index >= 15 is 0 Å². The molecule has 5 nitrogen and oxygen atoms in total. The van der Waals surface area contributed by atoms with Crippen molar-refractivity contribution in [1.82, 2.24) is 4.57 Å². The van der Waals surface area contributed by atoms with Crippen molar-refractivity contribution in [3.8, 4) is 0 Å². The fourth-order valence-electron chi connectivity index (χ4n) is 2.62. The van der Waals surface area contributed by atoms with Crippen molar-refractivity contribution in [2.45, 2.75) is 39.7 Å². The Hall–Kier alpha value is -1.78. The SMILES string of the molecule is CCOC(=O)c1c(C)cn2c1C(C(=O)OCC)CC2. The predicted molar refractivity (Wildman–Crippen MR) is 69.1 cm³/mol. The van der Waals surface area contributed by atoms with Crippen LogP contribution in [0.2, 0.25) is 0 Å². The van der Waals surface area contributed by atoms with Gasteiger partial charge in [-0.3, -0.25) is 4.79 Å². The molecule has 19 heavy (non-hydrogen) atoms. The molecule has 1 aromatic rings. The summed E-state index contributed by atoms with van der Waals surface area (Å²) >= 11 is 0. The second kappa shape index (κ2) is 5.47. The molecule has 0 saturated heterocycles. The summed E-state index contributed by atoms with van der Waals surface area (Å²) < 4.78 is 12.1. The van der Waals surface area contributed by atoms with Crippen LogP contribution in [-0.2, 0) is 20.8 Å². The van der Waals surface area contributed by atoms with Crippen LogP contribution >= 0.6 is 0 Å². The lowest BCUT2D eigenvalue weighted by Crippen LogP contribution is -2.17. The van der Waals surface area contributed by atoms with Crippen LogP contribution in [0.5, 0.6) is 0 Å². The van der Waals surface area contributed by atoms with Gasteiger partial charge in [0.05, 0.1) is 24.7 Å². The van der Waals surface area contributed by atoms with Gasteiger partial charge in [0.2, 0.25) is 0 Å². The molecular formula is C14H19NO4. The van der Waals surface area contributed by atoms with Crippen LogP contribution in [0.1, 0.15) is 47.8 Å². The lowest BCUT2D eigenvalue weighted by Gasteiger charge is -2.11. The Kier molecular flexibility index (Phi) is 3.93. The third kappa shape index (κ3) is 2.37. The molecule has 1 aliphatic heterocycles. The maximum absolute atomic E-state index is 12.0. The minimum Gasteiger partial charge on any atom is -0.465 e. The smallest absolute Gasteiger partial charge is 0.340 e. The van der Waals surface area contributed by atoms with Gasteiger partial charge in [-0.2, -0.15) is 0 Å². The molecule has 0 N–H and O–H groups in total. The van der Waals surface area contributed by atoms with Crippen molar-refractivity contribution >= 4 is 11.9 Å². The van der Waals surface area contributed by atoms with Gasteiger partial charge in [-0.25, -0.2) is 4.79 Å². The number of aromatic nitrogens is 1. The van der Waals surface area contributed by atoms with Gasteiger partial charge in [0.15, 0.2) is 0 Å². The van der Waals surface area contributed by atoms with E-state index in [1.165, 1.54) is 0 Å². The maximum atomic E-state index is 12.0. The minimum absolute atomic E-state index is 0.259. The molecule has 0 aliphatic carbocycles. The van der Waals surface area contributed by atoms with E-state index < -0.39 is 0 Å². The molecule has 1 aromatic heterocycles. The van der Waals surface area contributed by atoms with Crippen LogP contribution in [0.3, 0.4) is 0 Å². The van der Waals surface area contributed by atoms with E-state index in [2.05, 4.69) is 0 Å². The number of aryl methyl sites for hydroxylation is 2. The average Bonchev–Trinajstić information content (AvgIpc) is 2.86. The number of hydrogen-bond acceptors (Lipinski definition) is 4. The van der Waals surface area contributed by atoms with Crippen LogP contribution < -0.4 is 0 Å². The molecule has 2 rings (SSSR count). The standard InChI is InChI=1S/C14H19NO4/c1-4-18-13(16)10-6-7-15-8-9(3)11(12(10)15)14(17)19-5-2/h8,10H,4-7H2,1-3H3. The summed E-state index contributed by atoms with van der Waals surface area (Å²) in [4.78, 5) is 24.0. The van der Waals surface area contributed by atoms with Crippen LogP contribution in [-0.4, -0.2) is 29.7 Å². The van der Waals surface area contributed by atoms with Crippen molar-refractivity contribution in [3.63, 3.8) is 0 Å². The Balaban J connectivity index is 2.37. The van der Waals surface area contributed by atoms with E-state index in [0.717, 1.165) is 17.8 Å². The highest BCUT2D eigenvalue weighted by molar-refractivity contribution is 5.95. The number of fused-ring (bicyclic) bond motifs is 1. The Morgan fingerprint density at radius 2 is 2.00 bits per heavy atom. The van der Waals surface area contributed by atoms with E-state index in [9.17, 15) is 9.59 Å². The van der Waals surface area contributed by atoms with E-state index in [1.807, 2.05) is 17.7 Å². The van der Waals surface area contributed by atoms with Gasteiger partial charge in [-0.05, 0) is 32.8 Å². The largest absolute Gasteiger partial charge is 0.465 e. The summed E-state index contributed by atoms with van der Waals surface area (Å²) in [5.74, 6) is -0.970. The Labute approximate surface area is 112 Å². The summed E-state index contributed by atoms with van der Waals surface area (Å²) in [7, 11) is 0. The van der Waals surface area contributed by atoms with Gasteiger partial charge >= 0.3 is 11.9 Å². The Bertz CT molecular complexity index is 504. The number of esters is 2. The molecule has 0 amide bonds. The van der Waals surface area contributed by atoms with E-state index in [0.29, 0.717) is 25.2 Å². The lowest BCUT2D eigenvalue weighted by molar-refractivity contribution is -0.144. The number of carbonyl (C=O) groups is 2. The van der Waals surface area contributed by atoms with Crippen LogP contribution in [0.4, 0.5) is 0 Å². The fourth-order valence-corrected chi connectivity index (χ4v) is 2.62. The molecule has 0 aromatic carbocycles.